The third-order valence-electron chi connectivity index (χ3n) is 4.09. The van der Waals surface area contributed by atoms with Gasteiger partial charge >= 0.3 is 0 Å². The average molecular weight is 182 g/mol. The minimum atomic E-state index is 0.323. The van der Waals surface area contributed by atoms with E-state index in [0.717, 1.165) is 18.8 Å². The normalized spacial score (nSPS) is 33.4. The minimum absolute atomic E-state index is 0.323. The van der Waals surface area contributed by atoms with Crippen molar-refractivity contribution in [2.24, 2.45) is 23.7 Å². The van der Waals surface area contributed by atoms with Crippen LogP contribution in [0.3, 0.4) is 0 Å². The first-order valence-corrected chi connectivity index (χ1v) is 5.60. The van der Waals surface area contributed by atoms with Gasteiger partial charge in [-0.05, 0) is 24.2 Å². The summed E-state index contributed by atoms with van der Waals surface area (Å²) in [5.74, 6) is 2.94. The van der Waals surface area contributed by atoms with Gasteiger partial charge in [0.25, 0.3) is 0 Å². The van der Waals surface area contributed by atoms with Crippen LogP contribution in [0.2, 0.25) is 0 Å². The fourth-order valence-electron chi connectivity index (χ4n) is 2.54. The van der Waals surface area contributed by atoms with Gasteiger partial charge in [-0.1, -0.05) is 34.1 Å². The molecule has 13 heavy (non-hydrogen) atoms. The topological polar surface area (TPSA) is 17.1 Å². The number of hydrogen-bond acceptors (Lipinski definition) is 1. The van der Waals surface area contributed by atoms with Crippen molar-refractivity contribution in [1.29, 1.82) is 0 Å². The second kappa shape index (κ2) is 4.26. The van der Waals surface area contributed by atoms with E-state index in [1.807, 2.05) is 0 Å². The van der Waals surface area contributed by atoms with Gasteiger partial charge in [-0.25, -0.2) is 0 Å². The number of rotatable bonds is 3. The molecule has 0 N–H and O–H groups in total. The Labute approximate surface area is 81.9 Å². The predicted octanol–water partition coefficient (Wildman–Crippen LogP) is 3.28. The molecule has 1 heteroatoms. The van der Waals surface area contributed by atoms with Crippen molar-refractivity contribution in [1.82, 2.24) is 0 Å². The summed E-state index contributed by atoms with van der Waals surface area (Å²) in [6.45, 7) is 8.97. The zero-order chi connectivity index (χ0) is 10.0. The van der Waals surface area contributed by atoms with Gasteiger partial charge in [0.1, 0.15) is 5.78 Å². The number of carbonyl (C=O) groups excluding carboxylic acids is 1. The second-order valence-corrected chi connectivity index (χ2v) is 4.70. The smallest absolute Gasteiger partial charge is 0.135 e. The Morgan fingerprint density at radius 2 is 2.08 bits per heavy atom. The van der Waals surface area contributed by atoms with E-state index in [1.54, 1.807) is 0 Å². The van der Waals surface area contributed by atoms with E-state index in [9.17, 15) is 4.79 Å². The van der Waals surface area contributed by atoms with Gasteiger partial charge in [0.05, 0.1) is 0 Å². The van der Waals surface area contributed by atoms with Crippen molar-refractivity contribution in [2.75, 3.05) is 0 Å². The van der Waals surface area contributed by atoms with E-state index in [-0.39, 0.29) is 0 Å². The summed E-state index contributed by atoms with van der Waals surface area (Å²) < 4.78 is 0. The SMILES string of the molecule is CCC(C)C(C)C1CCC(=O)C1C. The fourth-order valence-corrected chi connectivity index (χ4v) is 2.54. The molecule has 4 atom stereocenters. The zero-order valence-electron chi connectivity index (χ0n) is 9.34. The van der Waals surface area contributed by atoms with Gasteiger partial charge in [0.15, 0.2) is 0 Å². The standard InChI is InChI=1S/C12H22O/c1-5-8(2)9(3)11-6-7-12(13)10(11)4/h8-11H,5-7H2,1-4H3. The number of ketones is 1. The molecule has 4 unspecified atom stereocenters. The maximum atomic E-state index is 11.4. The molecule has 1 aliphatic carbocycles. The van der Waals surface area contributed by atoms with Crippen LogP contribution in [0, 0.1) is 23.7 Å². The Bertz CT molecular complexity index is 186. The molecule has 76 valence electrons. The maximum absolute atomic E-state index is 11.4. The van der Waals surface area contributed by atoms with E-state index >= 15 is 0 Å². The monoisotopic (exact) mass is 182 g/mol. The number of carbonyl (C=O) groups is 1. The average Bonchev–Trinajstić information content (AvgIpc) is 2.45. The number of hydrogen-bond donors (Lipinski definition) is 0. The lowest BCUT2D eigenvalue weighted by atomic mass is 9.78. The highest BCUT2D eigenvalue weighted by Crippen LogP contribution is 2.38. The quantitative estimate of drug-likeness (QED) is 0.654. The minimum Gasteiger partial charge on any atom is -0.299 e. The Morgan fingerprint density at radius 3 is 2.46 bits per heavy atom. The van der Waals surface area contributed by atoms with Crippen LogP contribution in [0.15, 0.2) is 0 Å². The van der Waals surface area contributed by atoms with Crippen LogP contribution in [0.4, 0.5) is 0 Å². The molecule has 1 rings (SSSR count). The molecule has 1 nitrogen and oxygen atoms in total. The van der Waals surface area contributed by atoms with Crippen LogP contribution >= 0.6 is 0 Å². The van der Waals surface area contributed by atoms with E-state index in [1.165, 1.54) is 6.42 Å². The van der Waals surface area contributed by atoms with E-state index in [4.69, 9.17) is 0 Å². The van der Waals surface area contributed by atoms with Crippen LogP contribution in [0.5, 0.6) is 0 Å². The summed E-state index contributed by atoms with van der Waals surface area (Å²) in [4.78, 5) is 11.4. The Morgan fingerprint density at radius 1 is 1.46 bits per heavy atom. The van der Waals surface area contributed by atoms with Gasteiger partial charge < -0.3 is 0 Å². The van der Waals surface area contributed by atoms with Crippen molar-refractivity contribution in [2.45, 2.75) is 47.0 Å². The fraction of sp³-hybridized carbons (Fsp3) is 0.917. The Hall–Kier alpha value is -0.330. The highest BCUT2D eigenvalue weighted by Gasteiger charge is 2.35. The lowest BCUT2D eigenvalue weighted by Gasteiger charge is -2.27. The van der Waals surface area contributed by atoms with Gasteiger partial charge in [-0.2, -0.15) is 0 Å². The summed E-state index contributed by atoms with van der Waals surface area (Å²) in [5.41, 5.74) is 0. The van der Waals surface area contributed by atoms with Gasteiger partial charge in [0.2, 0.25) is 0 Å². The molecule has 1 aliphatic rings. The maximum Gasteiger partial charge on any atom is 0.135 e. The molecule has 0 amide bonds. The molecule has 1 fully saturated rings. The van der Waals surface area contributed by atoms with Gasteiger partial charge in [0, 0.05) is 12.3 Å². The van der Waals surface area contributed by atoms with Crippen molar-refractivity contribution in [3.8, 4) is 0 Å². The third kappa shape index (κ3) is 2.12. The molecule has 0 aromatic heterocycles. The molecule has 0 spiro atoms. The molecule has 1 saturated carbocycles. The van der Waals surface area contributed by atoms with Crippen molar-refractivity contribution in [3.63, 3.8) is 0 Å². The first-order valence-electron chi connectivity index (χ1n) is 5.60. The van der Waals surface area contributed by atoms with Crippen molar-refractivity contribution < 1.29 is 4.79 Å². The molecule has 0 aliphatic heterocycles. The van der Waals surface area contributed by atoms with E-state index < -0.39 is 0 Å². The zero-order valence-corrected chi connectivity index (χ0v) is 9.34. The summed E-state index contributed by atoms with van der Waals surface area (Å²) in [7, 11) is 0. The first-order chi connectivity index (χ1) is 6.07. The highest BCUT2D eigenvalue weighted by molar-refractivity contribution is 5.83. The molecular formula is C12H22O. The summed E-state index contributed by atoms with van der Waals surface area (Å²) in [5, 5.41) is 0. The van der Waals surface area contributed by atoms with Crippen molar-refractivity contribution in [3.05, 3.63) is 0 Å². The molecule has 0 bridgehead atoms. The molecule has 0 heterocycles. The van der Waals surface area contributed by atoms with E-state index in [2.05, 4.69) is 27.7 Å². The van der Waals surface area contributed by atoms with Crippen LogP contribution in [0.25, 0.3) is 0 Å². The van der Waals surface area contributed by atoms with Gasteiger partial charge in [-0.15, -0.1) is 0 Å². The van der Waals surface area contributed by atoms with Crippen LogP contribution in [-0.4, -0.2) is 5.78 Å². The van der Waals surface area contributed by atoms with Crippen molar-refractivity contribution >= 4 is 5.78 Å². The lowest BCUT2D eigenvalue weighted by Crippen LogP contribution is -2.22. The second-order valence-electron chi connectivity index (χ2n) is 4.70. The Balaban J connectivity index is 2.57. The molecule has 0 saturated heterocycles. The van der Waals surface area contributed by atoms with Crippen LogP contribution < -0.4 is 0 Å². The summed E-state index contributed by atoms with van der Waals surface area (Å²) >= 11 is 0. The Kier molecular flexibility index (Phi) is 3.52. The van der Waals surface area contributed by atoms with Crippen LogP contribution in [-0.2, 0) is 4.79 Å². The lowest BCUT2D eigenvalue weighted by molar-refractivity contribution is -0.121. The molecule has 0 radical (unpaired) electrons. The van der Waals surface area contributed by atoms with E-state index in [0.29, 0.717) is 23.5 Å². The highest BCUT2D eigenvalue weighted by atomic mass is 16.1. The molecule has 0 aromatic rings. The third-order valence-corrected chi connectivity index (χ3v) is 4.09. The summed E-state index contributed by atoms with van der Waals surface area (Å²) in [6, 6.07) is 0. The summed E-state index contributed by atoms with van der Waals surface area (Å²) in [6.07, 6.45) is 3.19. The first kappa shape index (κ1) is 10.7. The molecular weight excluding hydrogens is 160 g/mol. The van der Waals surface area contributed by atoms with Crippen LogP contribution in [0.1, 0.15) is 47.0 Å². The largest absolute Gasteiger partial charge is 0.299 e. The number of Topliss-reactive ketones (excluding diaryl/α,β-unsaturated/α-hetero) is 1. The van der Waals surface area contributed by atoms with Gasteiger partial charge in [-0.3, -0.25) is 4.79 Å². The predicted molar refractivity (Wildman–Crippen MR) is 55.5 cm³/mol. The molecule has 0 aromatic carbocycles.